The number of carbonyl (C=O) groups is 1. The molecule has 0 aliphatic carbocycles. The van der Waals surface area contributed by atoms with Crippen molar-refractivity contribution in [2.24, 2.45) is 0 Å². The molecule has 0 aromatic heterocycles. The third-order valence-electron chi connectivity index (χ3n) is 1.85. The van der Waals surface area contributed by atoms with Gasteiger partial charge in [-0.25, -0.2) is 0 Å². The zero-order valence-electron chi connectivity index (χ0n) is 8.68. The van der Waals surface area contributed by atoms with E-state index >= 15 is 0 Å². The van der Waals surface area contributed by atoms with E-state index in [4.69, 9.17) is 21.6 Å². The van der Waals surface area contributed by atoms with Crippen LogP contribution in [0.25, 0.3) is 0 Å². The van der Waals surface area contributed by atoms with Crippen molar-refractivity contribution in [3.8, 4) is 11.8 Å². The van der Waals surface area contributed by atoms with Crippen LogP contribution < -0.4 is 10.1 Å². The van der Waals surface area contributed by atoms with Crippen LogP contribution in [0.4, 0.5) is 5.69 Å². The third-order valence-corrected chi connectivity index (χ3v) is 4.12. The minimum Gasteiger partial charge on any atom is -0.494 e. The van der Waals surface area contributed by atoms with Gasteiger partial charge in [0.15, 0.2) is 0 Å². The molecule has 0 aliphatic rings. The number of ether oxygens (including phenoxy) is 1. The average molecular weight is 382 g/mol. The van der Waals surface area contributed by atoms with Crippen LogP contribution >= 0.6 is 43.5 Å². The molecule has 0 heterocycles. The zero-order valence-corrected chi connectivity index (χ0v) is 12.6. The molecule has 0 saturated carbocycles. The molecule has 1 rings (SSSR count). The number of benzene rings is 1. The number of amides is 1. The summed E-state index contributed by atoms with van der Waals surface area (Å²) in [7, 11) is 1.47. The van der Waals surface area contributed by atoms with Crippen molar-refractivity contribution in [1.82, 2.24) is 0 Å². The van der Waals surface area contributed by atoms with Crippen molar-refractivity contribution >= 4 is 55.1 Å². The summed E-state index contributed by atoms with van der Waals surface area (Å²) < 4.78 is 6.26. The Bertz CT molecular complexity index is 500. The van der Waals surface area contributed by atoms with E-state index in [-0.39, 0.29) is 6.42 Å². The second kappa shape index (κ2) is 6.24. The van der Waals surface area contributed by atoms with E-state index in [0.29, 0.717) is 25.4 Å². The molecule has 1 N–H and O–H groups in total. The van der Waals surface area contributed by atoms with Crippen molar-refractivity contribution in [3.05, 3.63) is 20.0 Å². The molecule has 0 spiro atoms. The first-order chi connectivity index (χ1) is 8.01. The van der Waals surface area contributed by atoms with Crippen molar-refractivity contribution in [2.75, 3.05) is 12.4 Å². The average Bonchev–Trinajstić information content (AvgIpc) is 2.30. The highest BCUT2D eigenvalue weighted by molar-refractivity contribution is 9.11. The van der Waals surface area contributed by atoms with Gasteiger partial charge in [0.05, 0.1) is 28.4 Å². The van der Waals surface area contributed by atoms with Gasteiger partial charge in [-0.2, -0.15) is 5.26 Å². The lowest BCUT2D eigenvalue weighted by Crippen LogP contribution is -2.11. The van der Waals surface area contributed by atoms with Crippen molar-refractivity contribution < 1.29 is 9.53 Å². The number of hydrogen-bond acceptors (Lipinski definition) is 3. The predicted molar refractivity (Wildman–Crippen MR) is 72.3 cm³/mol. The summed E-state index contributed by atoms with van der Waals surface area (Å²) in [6.07, 6.45) is -0.233. The standard InChI is InChI=1S/C10H7Br2ClN2O2/c1-17-6-4-5(11)9(13)8(12)10(6)15-7(16)2-3-14/h4H,2H2,1H3,(H,15,16). The van der Waals surface area contributed by atoms with E-state index in [1.807, 2.05) is 0 Å². The fourth-order valence-electron chi connectivity index (χ4n) is 1.11. The molecular weight excluding hydrogens is 375 g/mol. The first-order valence-corrected chi connectivity index (χ1v) is 6.36. The van der Waals surface area contributed by atoms with E-state index in [1.165, 1.54) is 7.11 Å². The van der Waals surface area contributed by atoms with Crippen LogP contribution in [0.15, 0.2) is 15.0 Å². The molecule has 1 amide bonds. The molecule has 1 aromatic carbocycles. The van der Waals surface area contributed by atoms with Gasteiger partial charge in [0.2, 0.25) is 5.91 Å². The maximum absolute atomic E-state index is 11.4. The quantitative estimate of drug-likeness (QED) is 0.811. The van der Waals surface area contributed by atoms with E-state index in [1.54, 1.807) is 12.1 Å². The van der Waals surface area contributed by atoms with Gasteiger partial charge in [0.25, 0.3) is 0 Å². The van der Waals surface area contributed by atoms with Crippen LogP contribution in [-0.4, -0.2) is 13.0 Å². The monoisotopic (exact) mass is 380 g/mol. The SMILES string of the molecule is COc1cc(Br)c(Cl)c(Br)c1NC(=O)CC#N. The lowest BCUT2D eigenvalue weighted by atomic mass is 10.2. The number of carbonyl (C=O) groups excluding carboxylic acids is 1. The number of halogens is 3. The van der Waals surface area contributed by atoms with Gasteiger partial charge in [-0.3, -0.25) is 4.79 Å². The highest BCUT2D eigenvalue weighted by Gasteiger charge is 2.16. The summed E-state index contributed by atoms with van der Waals surface area (Å²) in [4.78, 5) is 11.4. The second-order valence-corrected chi connectivity index (χ2v) is 4.97. The summed E-state index contributed by atoms with van der Waals surface area (Å²) in [5.41, 5.74) is 0.404. The normalized spacial score (nSPS) is 9.59. The number of anilines is 1. The molecule has 4 nitrogen and oxygen atoms in total. The van der Waals surface area contributed by atoms with Crippen molar-refractivity contribution in [3.63, 3.8) is 0 Å². The highest BCUT2D eigenvalue weighted by Crippen LogP contribution is 2.42. The van der Waals surface area contributed by atoms with Crippen LogP contribution in [-0.2, 0) is 4.79 Å². The predicted octanol–water partition coefficient (Wildman–Crippen LogP) is 3.73. The van der Waals surface area contributed by atoms with Crippen LogP contribution in [0.1, 0.15) is 6.42 Å². The molecule has 7 heteroatoms. The smallest absolute Gasteiger partial charge is 0.238 e. The van der Waals surface area contributed by atoms with Crippen molar-refractivity contribution in [1.29, 1.82) is 5.26 Å². The number of hydrogen-bond donors (Lipinski definition) is 1. The van der Waals surface area contributed by atoms with Crippen LogP contribution in [0, 0.1) is 11.3 Å². The molecule has 0 saturated heterocycles. The van der Waals surface area contributed by atoms with Gasteiger partial charge >= 0.3 is 0 Å². The molecular formula is C10H7Br2ClN2O2. The number of nitrogens with zero attached hydrogens (tertiary/aromatic N) is 1. The molecule has 0 bridgehead atoms. The molecule has 0 radical (unpaired) electrons. The number of nitriles is 1. The number of methoxy groups -OCH3 is 1. The van der Waals surface area contributed by atoms with Crippen LogP contribution in [0.2, 0.25) is 5.02 Å². The number of nitrogens with one attached hydrogen (secondary N) is 1. The Kier molecular flexibility index (Phi) is 5.25. The van der Waals surface area contributed by atoms with Crippen LogP contribution in [0.5, 0.6) is 5.75 Å². The molecule has 0 fully saturated rings. The Morgan fingerprint density at radius 1 is 1.65 bits per heavy atom. The summed E-state index contributed by atoms with van der Waals surface area (Å²) in [6, 6.07) is 3.39. The Labute approximate surface area is 120 Å². The van der Waals surface area contributed by atoms with Gasteiger partial charge in [-0.05, 0) is 37.9 Å². The van der Waals surface area contributed by atoms with E-state index in [9.17, 15) is 4.79 Å². The summed E-state index contributed by atoms with van der Waals surface area (Å²) in [5.74, 6) is 0.0179. The molecule has 90 valence electrons. The largest absolute Gasteiger partial charge is 0.494 e. The summed E-state index contributed by atoms with van der Waals surface area (Å²) in [5, 5.41) is 11.4. The molecule has 0 unspecified atom stereocenters. The first-order valence-electron chi connectivity index (χ1n) is 4.39. The third kappa shape index (κ3) is 3.35. The highest BCUT2D eigenvalue weighted by atomic mass is 79.9. The lowest BCUT2D eigenvalue weighted by Gasteiger charge is -2.13. The van der Waals surface area contributed by atoms with Gasteiger partial charge < -0.3 is 10.1 Å². The zero-order chi connectivity index (χ0) is 13.0. The van der Waals surface area contributed by atoms with Gasteiger partial charge in [-0.15, -0.1) is 0 Å². The molecule has 1 aromatic rings. The second-order valence-electron chi connectivity index (χ2n) is 2.95. The Morgan fingerprint density at radius 3 is 2.82 bits per heavy atom. The van der Waals surface area contributed by atoms with Crippen molar-refractivity contribution in [2.45, 2.75) is 6.42 Å². The first kappa shape index (κ1) is 14.3. The Hall–Kier alpha value is -0.770. The summed E-state index contributed by atoms with van der Waals surface area (Å²) >= 11 is 12.5. The molecule has 0 atom stereocenters. The fraction of sp³-hybridized carbons (Fsp3) is 0.200. The maximum Gasteiger partial charge on any atom is 0.238 e. The Morgan fingerprint density at radius 2 is 2.29 bits per heavy atom. The molecule has 0 aliphatic heterocycles. The van der Waals surface area contributed by atoms with E-state index in [2.05, 4.69) is 37.2 Å². The fourth-order valence-corrected chi connectivity index (χ4v) is 2.44. The minimum absolute atomic E-state index is 0.233. The maximum atomic E-state index is 11.4. The van der Waals surface area contributed by atoms with E-state index in [0.717, 1.165) is 0 Å². The topological polar surface area (TPSA) is 62.1 Å². The minimum atomic E-state index is -0.426. The molecule has 17 heavy (non-hydrogen) atoms. The van der Waals surface area contributed by atoms with Gasteiger partial charge in [0, 0.05) is 4.47 Å². The number of rotatable bonds is 3. The van der Waals surface area contributed by atoms with Gasteiger partial charge in [-0.1, -0.05) is 11.6 Å². The van der Waals surface area contributed by atoms with Gasteiger partial charge in [0.1, 0.15) is 12.2 Å². The lowest BCUT2D eigenvalue weighted by molar-refractivity contribution is -0.115. The Balaban J connectivity index is 3.18. The van der Waals surface area contributed by atoms with E-state index < -0.39 is 5.91 Å². The van der Waals surface area contributed by atoms with Crippen LogP contribution in [0.3, 0.4) is 0 Å². The summed E-state index contributed by atoms with van der Waals surface area (Å²) in [6.45, 7) is 0.